The van der Waals surface area contributed by atoms with Gasteiger partial charge in [0.2, 0.25) is 9.84 Å². The third kappa shape index (κ3) is 6.44. The first-order valence-electron chi connectivity index (χ1n) is 12.9. The molecule has 1 aliphatic carbocycles. The second-order valence-electron chi connectivity index (χ2n) is 9.53. The molecule has 208 valence electrons. The minimum Gasteiger partial charge on any atom is -0.450 e. The van der Waals surface area contributed by atoms with Gasteiger partial charge in [0.05, 0.1) is 4.90 Å². The molecule has 0 radical (unpaired) electrons. The lowest BCUT2D eigenvalue weighted by Crippen LogP contribution is -2.06. The lowest BCUT2D eigenvalue weighted by Gasteiger charge is -2.09. The van der Waals surface area contributed by atoms with Crippen molar-refractivity contribution < 1.29 is 27.9 Å². The predicted molar refractivity (Wildman–Crippen MR) is 154 cm³/mol. The molecule has 1 fully saturated rings. The van der Waals surface area contributed by atoms with E-state index in [1.54, 1.807) is 42.5 Å². The number of carboxylic acid groups (broad SMARTS) is 2. The highest BCUT2D eigenvalue weighted by Gasteiger charge is 2.23. The molecule has 3 aromatic carbocycles. The van der Waals surface area contributed by atoms with Crippen LogP contribution in [0.2, 0.25) is 0 Å². The normalized spacial score (nSPS) is 12.7. The summed E-state index contributed by atoms with van der Waals surface area (Å²) in [6, 6.07) is 30.1. The summed E-state index contributed by atoms with van der Waals surface area (Å²) in [7, 11) is -3.74. The van der Waals surface area contributed by atoms with Gasteiger partial charge in [-0.15, -0.1) is 0 Å². The largest absolute Gasteiger partial charge is 0.503 e. The molecule has 0 bridgehead atoms. The van der Waals surface area contributed by atoms with Gasteiger partial charge in [-0.2, -0.15) is 0 Å². The Hall–Kier alpha value is -4.96. The molecule has 0 amide bonds. The second-order valence-corrected chi connectivity index (χ2v) is 11.4. The zero-order chi connectivity index (χ0) is 29.0. The van der Waals surface area contributed by atoms with Crippen LogP contribution in [0.5, 0.6) is 0 Å². The van der Waals surface area contributed by atoms with Crippen LogP contribution in [-0.2, 0) is 9.84 Å². The molecule has 0 unspecified atom stereocenters. The van der Waals surface area contributed by atoms with E-state index in [1.807, 2.05) is 19.1 Å². The molecule has 2 heterocycles. The Labute approximate surface area is 237 Å². The Kier molecular flexibility index (Phi) is 7.84. The molecule has 6 rings (SSSR count). The Morgan fingerprint density at radius 1 is 0.829 bits per heavy atom. The number of rotatable bonds is 7. The number of carbonyl (C=O) groups is 1. The molecule has 9 nitrogen and oxygen atoms in total. The van der Waals surface area contributed by atoms with Gasteiger partial charge in [-0.3, -0.25) is 0 Å². The van der Waals surface area contributed by atoms with E-state index >= 15 is 0 Å². The van der Waals surface area contributed by atoms with E-state index in [0.29, 0.717) is 23.0 Å². The van der Waals surface area contributed by atoms with Crippen molar-refractivity contribution in [1.82, 2.24) is 10.1 Å². The van der Waals surface area contributed by atoms with E-state index in [2.05, 4.69) is 51.9 Å². The van der Waals surface area contributed by atoms with Crippen LogP contribution in [0, 0.1) is 6.92 Å². The van der Waals surface area contributed by atoms with E-state index in [9.17, 15) is 8.42 Å². The number of hydrogen-bond donors (Lipinski definition) is 3. The summed E-state index contributed by atoms with van der Waals surface area (Å²) in [5.41, 5.74) is 5.86. The first-order valence-corrected chi connectivity index (χ1v) is 14.3. The van der Waals surface area contributed by atoms with E-state index in [0.717, 1.165) is 17.0 Å². The summed E-state index contributed by atoms with van der Waals surface area (Å²) in [4.78, 5) is 13.1. The van der Waals surface area contributed by atoms with Crippen LogP contribution >= 0.6 is 0 Å². The SMILES string of the molecule is Cc1noc(-c2ccc(-c3ccc(C4CC4)cc3)cc2)c1Nc1cccc(S(=O)(=O)c2ccccc2)n1.O=C(O)O. The average Bonchev–Trinajstić information content (AvgIpc) is 3.77. The number of benzene rings is 3. The number of hydrogen-bond acceptors (Lipinski definition) is 7. The molecule has 1 saturated carbocycles. The minimum atomic E-state index is -3.74. The summed E-state index contributed by atoms with van der Waals surface area (Å²) in [6.07, 6.45) is 0.757. The maximum absolute atomic E-state index is 13.0. The van der Waals surface area contributed by atoms with Crippen molar-refractivity contribution in [2.75, 3.05) is 5.32 Å². The molecule has 2 aromatic heterocycles. The van der Waals surface area contributed by atoms with Gasteiger partial charge < -0.3 is 20.1 Å². The van der Waals surface area contributed by atoms with E-state index in [1.165, 1.54) is 30.0 Å². The van der Waals surface area contributed by atoms with Gasteiger partial charge in [-0.05, 0) is 66.6 Å². The second kappa shape index (κ2) is 11.6. The Bertz CT molecular complexity index is 1760. The van der Waals surface area contributed by atoms with Crippen LogP contribution in [0.1, 0.15) is 30.0 Å². The highest BCUT2D eigenvalue weighted by molar-refractivity contribution is 7.91. The third-order valence-electron chi connectivity index (χ3n) is 6.61. The van der Waals surface area contributed by atoms with Crippen LogP contribution in [0.15, 0.2) is 112 Å². The lowest BCUT2D eigenvalue weighted by atomic mass is 10.0. The van der Waals surface area contributed by atoms with Gasteiger partial charge in [0.15, 0.2) is 10.8 Å². The van der Waals surface area contributed by atoms with Gasteiger partial charge in [0.25, 0.3) is 0 Å². The smallest absolute Gasteiger partial charge is 0.450 e. The van der Waals surface area contributed by atoms with Crippen LogP contribution in [0.25, 0.3) is 22.5 Å². The van der Waals surface area contributed by atoms with Crippen molar-refractivity contribution in [3.8, 4) is 22.5 Å². The van der Waals surface area contributed by atoms with Gasteiger partial charge in [-0.25, -0.2) is 18.2 Å². The predicted octanol–water partition coefficient (Wildman–Crippen LogP) is 7.39. The molecule has 5 aromatic rings. The van der Waals surface area contributed by atoms with Crippen LogP contribution in [-0.4, -0.2) is 34.9 Å². The quantitative estimate of drug-likeness (QED) is 0.183. The van der Waals surface area contributed by atoms with Crippen molar-refractivity contribution in [2.45, 2.75) is 35.6 Å². The Balaban J connectivity index is 0.000000794. The molecular weight excluding hydrogens is 542 g/mol. The summed E-state index contributed by atoms with van der Waals surface area (Å²) < 4.78 is 31.7. The van der Waals surface area contributed by atoms with Crippen molar-refractivity contribution >= 4 is 27.5 Å². The number of aryl methyl sites for hydroxylation is 1. The molecule has 0 atom stereocenters. The maximum atomic E-state index is 13.0. The molecule has 10 heteroatoms. The molecular formula is C31H27N3O6S. The number of anilines is 2. The zero-order valence-electron chi connectivity index (χ0n) is 22.1. The molecule has 41 heavy (non-hydrogen) atoms. The first-order chi connectivity index (χ1) is 19.7. The van der Waals surface area contributed by atoms with E-state index in [-0.39, 0.29) is 9.92 Å². The standard InChI is InChI=1S/C30H25N3O3S.CH2O3/c1-20-29(32-27-8-5-9-28(31-27)37(34,35)26-6-3-2-4-7-26)30(36-33-20)25-18-16-24(17-19-25)23-14-12-22(13-15-23)21-10-11-21;2-1(3)4/h2-9,12-19,21H,10-11H2,1H3,(H,31,32);(H2,2,3,4). The molecule has 0 saturated heterocycles. The maximum Gasteiger partial charge on any atom is 0.503 e. The van der Waals surface area contributed by atoms with Crippen LogP contribution in [0.3, 0.4) is 0 Å². The number of nitrogens with zero attached hydrogens (tertiary/aromatic N) is 2. The van der Waals surface area contributed by atoms with Crippen LogP contribution < -0.4 is 5.32 Å². The summed E-state index contributed by atoms with van der Waals surface area (Å²) in [5, 5.41) is 21.3. The van der Waals surface area contributed by atoms with Crippen molar-refractivity contribution in [2.24, 2.45) is 0 Å². The number of nitrogens with one attached hydrogen (secondary N) is 1. The van der Waals surface area contributed by atoms with E-state index < -0.39 is 16.0 Å². The fraction of sp³-hybridized carbons (Fsp3) is 0.129. The lowest BCUT2D eigenvalue weighted by molar-refractivity contribution is 0.137. The van der Waals surface area contributed by atoms with Crippen LogP contribution in [0.4, 0.5) is 16.3 Å². The summed E-state index contributed by atoms with van der Waals surface area (Å²) >= 11 is 0. The Morgan fingerprint density at radius 3 is 2.02 bits per heavy atom. The molecule has 0 spiro atoms. The Morgan fingerprint density at radius 2 is 1.41 bits per heavy atom. The minimum absolute atomic E-state index is 0.0311. The molecule has 0 aliphatic heterocycles. The number of aromatic nitrogens is 2. The van der Waals surface area contributed by atoms with Crippen molar-refractivity contribution in [3.63, 3.8) is 0 Å². The summed E-state index contributed by atoms with van der Waals surface area (Å²) in [5.74, 6) is 1.69. The fourth-order valence-corrected chi connectivity index (χ4v) is 5.61. The monoisotopic (exact) mass is 569 g/mol. The zero-order valence-corrected chi connectivity index (χ0v) is 22.9. The van der Waals surface area contributed by atoms with Crippen molar-refractivity contribution in [1.29, 1.82) is 0 Å². The van der Waals surface area contributed by atoms with Crippen molar-refractivity contribution in [3.05, 3.63) is 108 Å². The fourth-order valence-electron chi connectivity index (χ4n) is 4.37. The topological polar surface area (TPSA) is 143 Å². The van der Waals surface area contributed by atoms with Gasteiger partial charge in [0.1, 0.15) is 17.2 Å². The van der Waals surface area contributed by atoms with Gasteiger partial charge >= 0.3 is 6.16 Å². The van der Waals surface area contributed by atoms with Gasteiger partial charge in [0, 0.05) is 5.56 Å². The average molecular weight is 570 g/mol. The summed E-state index contributed by atoms with van der Waals surface area (Å²) in [6.45, 7) is 1.83. The molecule has 1 aliphatic rings. The highest BCUT2D eigenvalue weighted by atomic mass is 32.2. The van der Waals surface area contributed by atoms with Gasteiger partial charge in [-0.1, -0.05) is 78.0 Å². The first kappa shape index (κ1) is 27.6. The number of sulfone groups is 1. The highest BCUT2D eigenvalue weighted by Crippen LogP contribution is 2.40. The number of pyridine rings is 1. The third-order valence-corrected chi connectivity index (χ3v) is 8.28. The molecule has 3 N–H and O–H groups in total. The van der Waals surface area contributed by atoms with E-state index in [4.69, 9.17) is 19.5 Å².